The van der Waals surface area contributed by atoms with Gasteiger partial charge in [0, 0.05) is 6.54 Å². The Hall–Kier alpha value is -4.24. The zero-order valence-electron chi connectivity index (χ0n) is 19.7. The summed E-state index contributed by atoms with van der Waals surface area (Å²) < 4.78 is 60.5. The van der Waals surface area contributed by atoms with Gasteiger partial charge in [-0.1, -0.05) is 54.6 Å². The molecule has 0 unspecified atom stereocenters. The molecule has 37 heavy (non-hydrogen) atoms. The molecule has 0 aliphatic carbocycles. The van der Waals surface area contributed by atoms with Gasteiger partial charge in [0.1, 0.15) is 30.5 Å². The highest BCUT2D eigenvalue weighted by Gasteiger charge is 2.28. The molecule has 6 nitrogen and oxygen atoms in total. The van der Waals surface area contributed by atoms with Crippen LogP contribution in [0.3, 0.4) is 0 Å². The van der Waals surface area contributed by atoms with Crippen molar-refractivity contribution in [2.24, 2.45) is 0 Å². The van der Waals surface area contributed by atoms with Crippen LogP contribution in [-0.2, 0) is 28.0 Å². The molecule has 0 spiro atoms. The van der Waals surface area contributed by atoms with Crippen LogP contribution in [0.15, 0.2) is 108 Å². The van der Waals surface area contributed by atoms with Crippen molar-refractivity contribution in [1.82, 2.24) is 5.32 Å². The summed E-state index contributed by atoms with van der Waals surface area (Å²) in [5.41, 5.74) is 1.36. The number of ether oxygens (including phenoxy) is 1. The molecule has 0 saturated heterocycles. The average molecular weight is 523 g/mol. The van der Waals surface area contributed by atoms with Gasteiger partial charge in [-0.15, -0.1) is 0 Å². The molecule has 0 heterocycles. The second kappa shape index (κ2) is 11.7. The van der Waals surface area contributed by atoms with Gasteiger partial charge in [0.2, 0.25) is 5.91 Å². The molecule has 0 radical (unpaired) electrons. The molecule has 0 aliphatic heterocycles. The molecule has 0 aromatic heterocycles. The molecule has 0 bridgehead atoms. The fourth-order valence-corrected chi connectivity index (χ4v) is 4.96. The predicted octanol–water partition coefficient (Wildman–Crippen LogP) is 5.06. The number of hydrogen-bond donors (Lipinski definition) is 1. The lowest BCUT2D eigenvalue weighted by molar-refractivity contribution is -0.119. The average Bonchev–Trinajstić information content (AvgIpc) is 2.92. The minimum absolute atomic E-state index is 0.0534. The summed E-state index contributed by atoms with van der Waals surface area (Å²) in [4.78, 5) is 12.7. The number of para-hydroxylation sites is 1. The van der Waals surface area contributed by atoms with E-state index in [1.54, 1.807) is 54.6 Å². The quantitative estimate of drug-likeness (QED) is 0.316. The van der Waals surface area contributed by atoms with Crippen molar-refractivity contribution in [2.75, 3.05) is 10.8 Å². The van der Waals surface area contributed by atoms with E-state index in [0.29, 0.717) is 5.75 Å². The third kappa shape index (κ3) is 6.71. The fourth-order valence-electron chi connectivity index (χ4n) is 3.51. The molecule has 0 fully saturated rings. The lowest BCUT2D eigenvalue weighted by Crippen LogP contribution is -2.41. The van der Waals surface area contributed by atoms with Crippen LogP contribution < -0.4 is 14.4 Å². The molecular weight excluding hydrogens is 498 g/mol. The molecule has 4 aromatic carbocycles. The Morgan fingerprint density at radius 2 is 1.41 bits per heavy atom. The van der Waals surface area contributed by atoms with E-state index in [2.05, 4.69) is 5.32 Å². The first-order valence-electron chi connectivity index (χ1n) is 11.4. The number of amides is 1. The Morgan fingerprint density at radius 1 is 0.784 bits per heavy atom. The number of carbonyl (C=O) groups excluding carboxylic acids is 1. The molecule has 1 N–H and O–H groups in total. The van der Waals surface area contributed by atoms with Crippen LogP contribution in [0.4, 0.5) is 14.5 Å². The van der Waals surface area contributed by atoms with Crippen molar-refractivity contribution in [3.63, 3.8) is 0 Å². The first-order valence-corrected chi connectivity index (χ1v) is 12.8. The molecule has 4 aromatic rings. The zero-order valence-corrected chi connectivity index (χ0v) is 20.5. The second-order valence-corrected chi connectivity index (χ2v) is 9.97. The first-order chi connectivity index (χ1) is 17.8. The largest absolute Gasteiger partial charge is 0.489 e. The minimum Gasteiger partial charge on any atom is -0.489 e. The van der Waals surface area contributed by atoms with E-state index in [9.17, 15) is 22.0 Å². The number of carbonyl (C=O) groups is 1. The Morgan fingerprint density at radius 3 is 2.08 bits per heavy atom. The van der Waals surface area contributed by atoms with E-state index in [1.165, 1.54) is 42.5 Å². The van der Waals surface area contributed by atoms with Gasteiger partial charge in [-0.2, -0.15) is 0 Å². The van der Waals surface area contributed by atoms with Crippen molar-refractivity contribution in [3.8, 4) is 5.75 Å². The smallest absolute Gasteiger partial charge is 0.264 e. The van der Waals surface area contributed by atoms with Gasteiger partial charge in [0.15, 0.2) is 0 Å². The highest BCUT2D eigenvalue weighted by atomic mass is 32.2. The third-order valence-corrected chi connectivity index (χ3v) is 7.25. The summed E-state index contributed by atoms with van der Waals surface area (Å²) in [6.45, 7) is -0.192. The molecule has 0 saturated carbocycles. The molecule has 0 aliphatic rings. The topological polar surface area (TPSA) is 75.7 Å². The van der Waals surface area contributed by atoms with Crippen molar-refractivity contribution >= 4 is 21.6 Å². The molecular formula is C28H24F2N2O4S. The molecule has 9 heteroatoms. The Bertz CT molecular complexity index is 1450. The normalized spacial score (nSPS) is 11.1. The number of hydrogen-bond acceptors (Lipinski definition) is 4. The minimum atomic E-state index is -4.20. The zero-order chi connectivity index (χ0) is 26.3. The van der Waals surface area contributed by atoms with E-state index in [0.717, 1.165) is 21.5 Å². The Balaban J connectivity index is 1.40. The maximum absolute atomic E-state index is 14.5. The highest BCUT2D eigenvalue weighted by molar-refractivity contribution is 7.92. The Labute approximate surface area is 214 Å². The molecule has 4 rings (SSSR count). The van der Waals surface area contributed by atoms with Gasteiger partial charge >= 0.3 is 0 Å². The van der Waals surface area contributed by atoms with Crippen molar-refractivity contribution < 1.29 is 26.7 Å². The van der Waals surface area contributed by atoms with E-state index in [-0.39, 0.29) is 29.6 Å². The molecule has 1 amide bonds. The van der Waals surface area contributed by atoms with Crippen LogP contribution in [0, 0.1) is 11.6 Å². The fraction of sp³-hybridized carbons (Fsp3) is 0.107. The summed E-state index contributed by atoms with van der Waals surface area (Å²) in [6, 6.07) is 25.9. The van der Waals surface area contributed by atoms with E-state index in [4.69, 9.17) is 4.74 Å². The molecule has 0 atom stereocenters. The number of benzene rings is 4. The van der Waals surface area contributed by atoms with Crippen LogP contribution >= 0.6 is 0 Å². The lowest BCUT2D eigenvalue weighted by atomic mass is 10.2. The van der Waals surface area contributed by atoms with Gasteiger partial charge in [0.25, 0.3) is 10.0 Å². The number of nitrogens with zero attached hydrogens (tertiary/aromatic N) is 1. The maximum Gasteiger partial charge on any atom is 0.264 e. The van der Waals surface area contributed by atoms with Gasteiger partial charge in [-0.25, -0.2) is 17.2 Å². The van der Waals surface area contributed by atoms with Crippen LogP contribution in [-0.4, -0.2) is 20.9 Å². The number of sulfonamides is 1. The standard InChI is InChI=1S/C28H24F2N2O4S/c29-23-14-10-22(11-15-23)20-36-24-16-12-21(13-17-24)18-31-28(33)19-32(27-9-5-4-8-26(27)30)37(34,35)25-6-2-1-3-7-25/h1-17H,18-20H2,(H,31,33). The van der Waals surface area contributed by atoms with Gasteiger partial charge in [-0.05, 0) is 59.7 Å². The van der Waals surface area contributed by atoms with Crippen molar-refractivity contribution in [1.29, 1.82) is 0 Å². The maximum atomic E-state index is 14.5. The summed E-state index contributed by atoms with van der Waals surface area (Å²) in [6.07, 6.45) is 0. The number of rotatable bonds is 10. The first kappa shape index (κ1) is 25.8. The van der Waals surface area contributed by atoms with E-state index in [1.807, 2.05) is 0 Å². The third-order valence-electron chi connectivity index (χ3n) is 5.47. The predicted molar refractivity (Wildman–Crippen MR) is 136 cm³/mol. The van der Waals surface area contributed by atoms with Crippen LogP contribution in [0.2, 0.25) is 0 Å². The number of halogens is 2. The Kier molecular flexibility index (Phi) is 8.15. The molecule has 190 valence electrons. The van der Waals surface area contributed by atoms with Gasteiger partial charge < -0.3 is 10.1 Å². The number of nitrogens with one attached hydrogen (secondary N) is 1. The van der Waals surface area contributed by atoms with Gasteiger partial charge in [-0.3, -0.25) is 9.10 Å². The SMILES string of the molecule is O=C(CN(c1ccccc1F)S(=O)(=O)c1ccccc1)NCc1ccc(OCc2ccc(F)cc2)cc1. The highest BCUT2D eigenvalue weighted by Crippen LogP contribution is 2.26. The van der Waals surface area contributed by atoms with E-state index < -0.39 is 28.3 Å². The van der Waals surface area contributed by atoms with E-state index >= 15 is 0 Å². The monoisotopic (exact) mass is 522 g/mol. The van der Waals surface area contributed by atoms with Crippen LogP contribution in [0.25, 0.3) is 0 Å². The lowest BCUT2D eigenvalue weighted by Gasteiger charge is -2.24. The summed E-state index contributed by atoms with van der Waals surface area (Å²) in [5, 5.41) is 2.68. The van der Waals surface area contributed by atoms with Gasteiger partial charge in [0.05, 0.1) is 10.6 Å². The summed E-state index contributed by atoms with van der Waals surface area (Å²) >= 11 is 0. The summed E-state index contributed by atoms with van der Waals surface area (Å²) in [7, 11) is -4.20. The number of anilines is 1. The van der Waals surface area contributed by atoms with Crippen LogP contribution in [0.5, 0.6) is 5.75 Å². The van der Waals surface area contributed by atoms with Crippen molar-refractivity contribution in [3.05, 3.63) is 126 Å². The second-order valence-electron chi connectivity index (χ2n) is 8.11. The van der Waals surface area contributed by atoms with Crippen molar-refractivity contribution in [2.45, 2.75) is 18.0 Å². The summed E-state index contributed by atoms with van der Waals surface area (Å²) in [5.74, 6) is -1.07. The van der Waals surface area contributed by atoms with Crippen LogP contribution in [0.1, 0.15) is 11.1 Å².